The van der Waals surface area contributed by atoms with Gasteiger partial charge in [-0.1, -0.05) is 137 Å². The first-order valence-corrected chi connectivity index (χ1v) is 27.3. The zero-order valence-corrected chi connectivity index (χ0v) is 62.5. The number of hydrogen-bond acceptors (Lipinski definition) is 8. The van der Waals surface area contributed by atoms with Crippen LogP contribution in [0.1, 0.15) is 46.5 Å². The molecule has 1 aliphatic carbocycles. The summed E-state index contributed by atoms with van der Waals surface area (Å²) < 4.78 is 1.66. The Kier molecular flexibility index (Phi) is 24.3. The predicted molar refractivity (Wildman–Crippen MR) is 333 cm³/mol. The van der Waals surface area contributed by atoms with Crippen LogP contribution in [-0.2, 0) is 121 Å². The molecule has 0 saturated heterocycles. The second kappa shape index (κ2) is 31.2. The van der Waals surface area contributed by atoms with Crippen LogP contribution in [0, 0.1) is 39.8 Å². The van der Waals surface area contributed by atoms with E-state index in [1.54, 1.807) is 16.9 Å². The molecule has 14 nitrogen and oxygen atoms in total. The van der Waals surface area contributed by atoms with Crippen LogP contribution in [0.25, 0.3) is 115 Å². The standard InChI is InChI=1S/C13H11N2.C12H11N2.2C12H9N2.C11H7N2.C9H5N4.6Ir/c1-8-9(2)11-5-7-15-13(11)12-10(8)4-3-6-14-12;1-8-7-14-12-10(8)5-4-9-3-2-6-13-11(9)12;1-8-7-9-4-6-14-11(9)12-10(8)3-2-5-13-12;1-8-7-9-3-2-5-13-11(9)12-10(8)4-6-14-12;1-2-8-3-4-9-5-7-13-11(9)10(8)12-6-1;1-2-7-3-5-13-8(6-11-12-13)9(7)10-4-1;;;;;;/h3-7H,1-2H3;2-7,10,12H,1H3;2*2-7H,1H3;1-7H;1-5H;;;;;;/q6*-1;;;;;;. The number of nitrogens with zero attached hydrogens (tertiary/aromatic N) is 14. The predicted octanol–water partition coefficient (Wildman–Crippen LogP) is 14.7. The van der Waals surface area contributed by atoms with E-state index in [1.165, 1.54) is 60.3 Å². The Bertz CT molecular complexity index is 5000. The minimum atomic E-state index is 0. The Labute approximate surface area is 594 Å². The third-order valence-corrected chi connectivity index (χ3v) is 15.4. The molecule has 2 unspecified atom stereocenters. The topological polar surface area (TPSA) is 178 Å². The van der Waals surface area contributed by atoms with Crippen LogP contribution in [0.15, 0.2) is 213 Å². The van der Waals surface area contributed by atoms with E-state index in [0.29, 0.717) is 5.92 Å². The van der Waals surface area contributed by atoms with Crippen LogP contribution in [0.2, 0.25) is 0 Å². The molecule has 6 radical (unpaired) electrons. The average molecular weight is 2230 g/mol. The summed E-state index contributed by atoms with van der Waals surface area (Å²) in [5, 5.41) is 22.6. The fraction of sp³-hybridized carbons (Fsp3) is 0.101. The Morgan fingerprint density at radius 3 is 1.64 bits per heavy atom. The third kappa shape index (κ3) is 14.2. The van der Waals surface area contributed by atoms with Gasteiger partial charge in [0.15, 0.2) is 0 Å². The summed E-state index contributed by atoms with van der Waals surface area (Å²) in [6.07, 6.45) is 29.2. The molecule has 16 aromatic rings. The van der Waals surface area contributed by atoms with E-state index in [-0.39, 0.29) is 127 Å². The molecule has 0 amide bonds. The number of aryl methyl sites for hydroxylation is 4. The van der Waals surface area contributed by atoms with Crippen molar-refractivity contribution in [1.29, 1.82) is 0 Å². The Balaban J connectivity index is 0.000000150. The first-order chi connectivity index (χ1) is 40.8. The fourth-order valence-corrected chi connectivity index (χ4v) is 11.0. The van der Waals surface area contributed by atoms with Crippen molar-refractivity contribution in [2.75, 3.05) is 0 Å². The van der Waals surface area contributed by atoms with Crippen LogP contribution in [-0.4, -0.2) is 44.7 Å². The maximum absolute atomic E-state index is 4.50. The molecule has 89 heavy (non-hydrogen) atoms. The van der Waals surface area contributed by atoms with Gasteiger partial charge in [0.2, 0.25) is 0 Å². The van der Waals surface area contributed by atoms with Gasteiger partial charge < -0.3 is 30.2 Å². The van der Waals surface area contributed by atoms with Crippen molar-refractivity contribution in [3.63, 3.8) is 0 Å². The average Bonchev–Trinajstić information content (AvgIpc) is 2.09. The van der Waals surface area contributed by atoms with Crippen LogP contribution >= 0.6 is 0 Å². The molecule has 4 aromatic carbocycles. The van der Waals surface area contributed by atoms with Crippen molar-refractivity contribution in [2.24, 2.45) is 5.92 Å². The molecule has 0 N–H and O–H groups in total. The van der Waals surface area contributed by atoms with E-state index in [0.717, 1.165) is 82.4 Å². The fourth-order valence-electron chi connectivity index (χ4n) is 11.0. The molecule has 0 spiro atoms. The summed E-state index contributed by atoms with van der Waals surface area (Å²) in [6.45, 7) is 10.6. The van der Waals surface area contributed by atoms with Crippen molar-refractivity contribution >= 4 is 110 Å². The van der Waals surface area contributed by atoms with Gasteiger partial charge in [0.1, 0.15) is 0 Å². The van der Waals surface area contributed by atoms with E-state index < -0.39 is 0 Å². The van der Waals surface area contributed by atoms with E-state index in [4.69, 9.17) is 0 Å². The molecule has 2 aliphatic rings. The van der Waals surface area contributed by atoms with Gasteiger partial charge in [-0.2, -0.15) is 31.0 Å². The summed E-state index contributed by atoms with van der Waals surface area (Å²) in [7, 11) is 0. The zero-order chi connectivity index (χ0) is 56.4. The number of hydrogen-bond donors (Lipinski definition) is 0. The SMILES string of the molecule is CC1=C[N-]C2c3ncccc3C=CC12.Cc1c(C)c2cc[n-]c2c2ncccc12.Cc1cc2cc[n-]c2c2ncccc12.Cc1cc2cccnc2c2[n-]ccc12.[Ir].[Ir].[Ir].[Ir].[Ir].[Ir].[c-]1nnn2ccc3cccnc3c12.c1cnc2c(c1)ccc1cc[n-]c12. The van der Waals surface area contributed by atoms with E-state index >= 15 is 0 Å². The Hall–Kier alpha value is -6.96. The van der Waals surface area contributed by atoms with Crippen LogP contribution in [0.5, 0.6) is 0 Å². The van der Waals surface area contributed by atoms with Crippen LogP contribution in [0.3, 0.4) is 0 Å². The minimum Gasteiger partial charge on any atom is -0.682 e. The first-order valence-electron chi connectivity index (χ1n) is 27.3. The summed E-state index contributed by atoms with van der Waals surface area (Å²) in [5.74, 6) is 0.442. The maximum atomic E-state index is 4.50. The maximum Gasteiger partial charge on any atom is 0.0564 e. The quantitative estimate of drug-likeness (QED) is 0.131. The normalized spacial score (nSPS) is 13.0. The first kappa shape index (κ1) is 69.5. The van der Waals surface area contributed by atoms with Crippen molar-refractivity contribution in [3.05, 3.63) is 258 Å². The van der Waals surface area contributed by atoms with Gasteiger partial charge in [-0.3, -0.25) is 29.4 Å². The molecule has 458 valence electrons. The summed E-state index contributed by atoms with van der Waals surface area (Å²) in [4.78, 5) is 43.5. The van der Waals surface area contributed by atoms with E-state index in [1.807, 2.05) is 129 Å². The van der Waals surface area contributed by atoms with Crippen LogP contribution < -0.4 is 19.9 Å². The van der Waals surface area contributed by atoms with Gasteiger partial charge in [-0.25, -0.2) is 5.10 Å². The minimum absolute atomic E-state index is 0. The van der Waals surface area contributed by atoms with Crippen molar-refractivity contribution < 1.29 is 121 Å². The molecule has 1 aliphatic heterocycles. The molecule has 0 bridgehead atoms. The van der Waals surface area contributed by atoms with Gasteiger partial charge in [0, 0.05) is 180 Å². The molecular formula is C69H52Ir6N14-6. The second-order valence-electron chi connectivity index (χ2n) is 20.4. The smallest absolute Gasteiger partial charge is 0.0564 e. The van der Waals surface area contributed by atoms with Crippen molar-refractivity contribution in [1.82, 2.24) is 64.7 Å². The van der Waals surface area contributed by atoms with E-state index in [9.17, 15) is 0 Å². The largest absolute Gasteiger partial charge is 0.682 e. The van der Waals surface area contributed by atoms with Gasteiger partial charge in [0.05, 0.1) is 22.1 Å². The molecule has 18 rings (SSSR count). The molecule has 13 heterocycles. The molecular weight excluding hydrogens is 2180 g/mol. The Morgan fingerprint density at radius 2 is 0.921 bits per heavy atom. The summed E-state index contributed by atoms with van der Waals surface area (Å²) in [5.41, 5.74) is 18.5. The van der Waals surface area contributed by atoms with Gasteiger partial charge in [-0.15, -0.1) is 22.1 Å². The van der Waals surface area contributed by atoms with Gasteiger partial charge in [0.25, 0.3) is 0 Å². The monoisotopic (exact) mass is 2230 g/mol. The second-order valence-corrected chi connectivity index (χ2v) is 20.4. The van der Waals surface area contributed by atoms with Gasteiger partial charge >= 0.3 is 0 Å². The number of pyridine rings is 7. The Morgan fingerprint density at radius 1 is 0.427 bits per heavy atom. The number of aromatic nitrogens is 13. The van der Waals surface area contributed by atoms with E-state index in [2.05, 4.69) is 179 Å². The molecule has 0 saturated carbocycles. The van der Waals surface area contributed by atoms with Crippen LogP contribution in [0.4, 0.5) is 0 Å². The molecule has 0 fully saturated rings. The molecule has 20 heteroatoms. The number of rotatable bonds is 0. The van der Waals surface area contributed by atoms with Gasteiger partial charge in [-0.05, 0) is 143 Å². The third-order valence-electron chi connectivity index (χ3n) is 15.4. The molecule has 12 aromatic heterocycles. The summed E-state index contributed by atoms with van der Waals surface area (Å²) >= 11 is 0. The number of fused-ring (bicyclic) bond motifs is 18. The zero-order valence-electron chi connectivity index (χ0n) is 48.1. The summed E-state index contributed by atoms with van der Waals surface area (Å²) in [6, 6.07) is 42.9. The number of benzene rings is 4. The van der Waals surface area contributed by atoms with Crippen molar-refractivity contribution in [3.8, 4) is 0 Å². The molecule has 2 atom stereocenters. The van der Waals surface area contributed by atoms with Crippen molar-refractivity contribution in [2.45, 2.75) is 40.7 Å².